The minimum Gasteiger partial charge on any atom is -0.491 e. The molecule has 1 aromatic heterocycles. The second-order valence-corrected chi connectivity index (χ2v) is 13.5. The molecule has 0 unspecified atom stereocenters. The summed E-state index contributed by atoms with van der Waals surface area (Å²) >= 11 is 0. The van der Waals surface area contributed by atoms with Crippen LogP contribution in [0.1, 0.15) is 82.3 Å². The highest BCUT2D eigenvalue weighted by Gasteiger charge is 2.31. The molecule has 0 radical (unpaired) electrons. The molecular weight excluding hydrogens is 560 g/mol. The fourth-order valence-electron chi connectivity index (χ4n) is 5.74. The monoisotopic (exact) mass is 604 g/mol. The molecule has 1 saturated heterocycles. The van der Waals surface area contributed by atoms with E-state index >= 15 is 0 Å². The standard InChI is InChI=1S/C34H44N4O6/c1-33(2,3)43-31(40)35-14-17-42-28-13-11-24(29-25(28)20-36-30(29)39)27-19-23-18-22(21-37-15-8-7-9-16-37)10-12-26(23)38(27)32(41)44-34(4,5)6/h10-13,18-19H,7-9,14-17,20-21H2,1-6H3,(H,35,40)(H,36,39). The van der Waals surface area contributed by atoms with Gasteiger partial charge >= 0.3 is 12.2 Å². The fraction of sp³-hybridized carbons (Fsp3) is 0.500. The van der Waals surface area contributed by atoms with Gasteiger partial charge in [0.05, 0.1) is 23.3 Å². The zero-order chi connectivity index (χ0) is 31.6. The van der Waals surface area contributed by atoms with Crippen LogP contribution >= 0.6 is 0 Å². The van der Waals surface area contributed by atoms with Crippen molar-refractivity contribution in [3.63, 3.8) is 0 Å². The molecule has 0 bridgehead atoms. The van der Waals surface area contributed by atoms with Crippen LogP contribution in [-0.4, -0.2) is 65.0 Å². The van der Waals surface area contributed by atoms with Crippen LogP contribution in [0.15, 0.2) is 36.4 Å². The van der Waals surface area contributed by atoms with E-state index in [1.54, 1.807) is 31.4 Å². The molecule has 0 spiro atoms. The SMILES string of the molecule is CC(C)(C)OC(=O)NCCOc1ccc(-c2cc3cc(CN4CCCCC4)ccc3n2C(=O)OC(C)(C)C)c2c1CNC2=O. The minimum atomic E-state index is -0.705. The van der Waals surface area contributed by atoms with Crippen molar-refractivity contribution in [1.29, 1.82) is 0 Å². The number of hydrogen-bond acceptors (Lipinski definition) is 7. The van der Waals surface area contributed by atoms with Crippen LogP contribution in [-0.2, 0) is 22.6 Å². The average Bonchev–Trinajstić information content (AvgIpc) is 3.51. The van der Waals surface area contributed by atoms with E-state index < -0.39 is 23.4 Å². The molecule has 3 aromatic rings. The van der Waals surface area contributed by atoms with Crippen molar-refractivity contribution in [1.82, 2.24) is 20.1 Å². The Morgan fingerprint density at radius 3 is 2.36 bits per heavy atom. The van der Waals surface area contributed by atoms with Crippen molar-refractivity contribution in [2.24, 2.45) is 0 Å². The van der Waals surface area contributed by atoms with E-state index in [0.717, 1.165) is 30.5 Å². The van der Waals surface area contributed by atoms with Crippen molar-refractivity contribution in [3.8, 4) is 17.0 Å². The van der Waals surface area contributed by atoms with E-state index in [1.165, 1.54) is 24.8 Å². The number of benzene rings is 2. The van der Waals surface area contributed by atoms with Gasteiger partial charge in [-0.15, -0.1) is 0 Å². The first-order valence-electron chi connectivity index (χ1n) is 15.4. The van der Waals surface area contributed by atoms with Crippen LogP contribution in [0.3, 0.4) is 0 Å². The lowest BCUT2D eigenvalue weighted by molar-refractivity contribution is 0.0516. The number of carbonyl (C=O) groups is 3. The Kier molecular flexibility index (Phi) is 8.92. The minimum absolute atomic E-state index is 0.192. The topological polar surface area (TPSA) is 111 Å². The third-order valence-electron chi connectivity index (χ3n) is 7.52. The number of rotatable bonds is 7. The normalized spacial score (nSPS) is 15.5. The first-order chi connectivity index (χ1) is 20.8. The number of hydrogen-bond donors (Lipinski definition) is 2. The highest BCUT2D eigenvalue weighted by molar-refractivity contribution is 6.07. The maximum absolute atomic E-state index is 13.7. The molecule has 0 saturated carbocycles. The lowest BCUT2D eigenvalue weighted by Crippen LogP contribution is -2.34. The lowest BCUT2D eigenvalue weighted by atomic mass is 9.99. The average molecular weight is 605 g/mol. The van der Waals surface area contributed by atoms with Crippen LogP contribution in [0.4, 0.5) is 9.59 Å². The van der Waals surface area contributed by atoms with Gasteiger partial charge in [0.25, 0.3) is 5.91 Å². The van der Waals surface area contributed by atoms with Crippen molar-refractivity contribution < 1.29 is 28.6 Å². The molecule has 10 nitrogen and oxygen atoms in total. The first-order valence-corrected chi connectivity index (χ1v) is 15.4. The Morgan fingerprint density at radius 1 is 0.932 bits per heavy atom. The number of likely N-dealkylation sites (tertiary alicyclic amines) is 1. The van der Waals surface area contributed by atoms with Gasteiger partial charge in [0.15, 0.2) is 0 Å². The van der Waals surface area contributed by atoms with E-state index in [-0.39, 0.29) is 19.1 Å². The zero-order valence-corrected chi connectivity index (χ0v) is 26.7. The van der Waals surface area contributed by atoms with E-state index in [9.17, 15) is 14.4 Å². The molecule has 10 heteroatoms. The smallest absolute Gasteiger partial charge is 0.419 e. The van der Waals surface area contributed by atoms with Crippen LogP contribution in [0.25, 0.3) is 22.2 Å². The molecule has 2 aromatic carbocycles. The van der Waals surface area contributed by atoms with E-state index in [4.69, 9.17) is 14.2 Å². The Hall–Kier alpha value is -4.05. The van der Waals surface area contributed by atoms with Crippen LogP contribution in [0.2, 0.25) is 0 Å². The van der Waals surface area contributed by atoms with E-state index in [2.05, 4.69) is 27.7 Å². The van der Waals surface area contributed by atoms with Gasteiger partial charge in [-0.2, -0.15) is 0 Å². The molecule has 3 heterocycles. The number of piperidine rings is 1. The number of alkyl carbamates (subject to hydrolysis) is 1. The summed E-state index contributed by atoms with van der Waals surface area (Å²) in [6.45, 7) is 14.7. The van der Waals surface area contributed by atoms with Gasteiger partial charge in [-0.3, -0.25) is 9.69 Å². The number of carbonyl (C=O) groups excluding carboxylic acids is 3. The maximum atomic E-state index is 13.7. The van der Waals surface area contributed by atoms with Crippen molar-refractivity contribution in [2.75, 3.05) is 26.2 Å². The second-order valence-electron chi connectivity index (χ2n) is 13.5. The first kappa shape index (κ1) is 31.4. The largest absolute Gasteiger partial charge is 0.491 e. The van der Waals surface area contributed by atoms with Gasteiger partial charge in [-0.1, -0.05) is 12.5 Å². The predicted octanol–water partition coefficient (Wildman–Crippen LogP) is 6.22. The molecular formula is C34H44N4O6. The summed E-state index contributed by atoms with van der Waals surface area (Å²) in [5.74, 6) is 0.302. The van der Waals surface area contributed by atoms with E-state index in [0.29, 0.717) is 34.7 Å². The van der Waals surface area contributed by atoms with Crippen LogP contribution < -0.4 is 15.4 Å². The molecule has 2 aliphatic rings. The highest BCUT2D eigenvalue weighted by atomic mass is 16.6. The molecule has 0 atom stereocenters. The Labute approximate surface area is 259 Å². The molecule has 2 aliphatic heterocycles. The summed E-state index contributed by atoms with van der Waals surface area (Å²) in [7, 11) is 0. The Bertz CT molecular complexity index is 1560. The van der Waals surface area contributed by atoms with Gasteiger partial charge in [0.2, 0.25) is 0 Å². The quantitative estimate of drug-likeness (QED) is 0.308. The highest BCUT2D eigenvalue weighted by Crippen LogP contribution is 2.38. The lowest BCUT2D eigenvalue weighted by Gasteiger charge is -2.26. The van der Waals surface area contributed by atoms with Crippen LogP contribution in [0, 0.1) is 0 Å². The third-order valence-corrected chi connectivity index (χ3v) is 7.52. The number of nitrogens with one attached hydrogen (secondary N) is 2. The van der Waals surface area contributed by atoms with Crippen molar-refractivity contribution >= 4 is 29.0 Å². The van der Waals surface area contributed by atoms with Gasteiger partial charge in [-0.25, -0.2) is 14.2 Å². The summed E-state index contributed by atoms with van der Waals surface area (Å²) < 4.78 is 18.7. The summed E-state index contributed by atoms with van der Waals surface area (Å²) in [6.07, 6.45) is 2.69. The molecule has 2 amide bonds. The predicted molar refractivity (Wildman–Crippen MR) is 169 cm³/mol. The van der Waals surface area contributed by atoms with Gasteiger partial charge in [-0.05, 0) is 103 Å². The summed E-state index contributed by atoms with van der Waals surface area (Å²) in [4.78, 5) is 41.3. The van der Waals surface area contributed by atoms with Gasteiger partial charge in [0.1, 0.15) is 23.6 Å². The Balaban J connectivity index is 1.47. The zero-order valence-electron chi connectivity index (χ0n) is 26.7. The number of amides is 2. The number of fused-ring (bicyclic) bond motifs is 2. The summed E-state index contributed by atoms with van der Waals surface area (Å²) in [5.41, 5.74) is 2.97. The number of ether oxygens (including phenoxy) is 3. The molecule has 2 N–H and O–H groups in total. The fourth-order valence-corrected chi connectivity index (χ4v) is 5.74. The number of nitrogens with zero attached hydrogens (tertiary/aromatic N) is 2. The summed E-state index contributed by atoms with van der Waals surface area (Å²) in [5, 5.41) is 6.49. The van der Waals surface area contributed by atoms with Crippen molar-refractivity contribution in [2.45, 2.75) is 85.1 Å². The second kappa shape index (κ2) is 12.5. The maximum Gasteiger partial charge on any atom is 0.419 e. The number of aromatic nitrogens is 1. The molecule has 1 fully saturated rings. The van der Waals surface area contributed by atoms with Crippen molar-refractivity contribution in [3.05, 3.63) is 53.1 Å². The molecule has 236 valence electrons. The van der Waals surface area contributed by atoms with Gasteiger partial charge in [0, 0.05) is 29.6 Å². The Morgan fingerprint density at radius 2 is 1.66 bits per heavy atom. The third kappa shape index (κ3) is 7.35. The summed E-state index contributed by atoms with van der Waals surface area (Å²) in [6, 6.07) is 11.7. The van der Waals surface area contributed by atoms with Crippen LogP contribution in [0.5, 0.6) is 5.75 Å². The molecule has 0 aliphatic carbocycles. The van der Waals surface area contributed by atoms with Gasteiger partial charge < -0.3 is 24.8 Å². The molecule has 44 heavy (non-hydrogen) atoms. The molecule has 5 rings (SSSR count). The van der Waals surface area contributed by atoms with E-state index in [1.807, 2.05) is 39.0 Å².